The maximum atomic E-state index is 11.7. The molecule has 0 N–H and O–H groups in total. The predicted molar refractivity (Wildman–Crippen MR) is 73.7 cm³/mol. The maximum Gasteiger partial charge on any atom is 0.222 e. The van der Waals surface area contributed by atoms with Crippen molar-refractivity contribution in [2.75, 3.05) is 20.2 Å². The van der Waals surface area contributed by atoms with Gasteiger partial charge in [-0.1, -0.05) is 38.0 Å². The zero-order valence-electron chi connectivity index (χ0n) is 11.4. The zero-order chi connectivity index (χ0) is 13.2. The predicted octanol–water partition coefficient (Wildman–Crippen LogP) is 3.10. The molecule has 0 aliphatic carbocycles. The summed E-state index contributed by atoms with van der Waals surface area (Å²) in [5.74, 6) is 1.06. The van der Waals surface area contributed by atoms with E-state index in [2.05, 4.69) is 6.92 Å². The number of ether oxygens (including phenoxy) is 1. The van der Waals surface area contributed by atoms with Crippen LogP contribution in [0.2, 0.25) is 0 Å². The lowest BCUT2D eigenvalue weighted by atomic mass is 10.2. The van der Waals surface area contributed by atoms with Gasteiger partial charge in [0, 0.05) is 13.5 Å². The number of carbonyl (C=O) groups excluding carboxylic acids is 1. The van der Waals surface area contributed by atoms with Crippen molar-refractivity contribution in [3.05, 3.63) is 30.3 Å². The second kappa shape index (κ2) is 8.56. The topological polar surface area (TPSA) is 29.5 Å². The Bertz CT molecular complexity index is 338. The summed E-state index contributed by atoms with van der Waals surface area (Å²) < 4.78 is 5.56. The van der Waals surface area contributed by atoms with Crippen molar-refractivity contribution < 1.29 is 9.53 Å². The highest BCUT2D eigenvalue weighted by molar-refractivity contribution is 5.75. The maximum absolute atomic E-state index is 11.7. The molecule has 0 saturated heterocycles. The largest absolute Gasteiger partial charge is 0.492 e. The molecule has 0 heterocycles. The lowest BCUT2D eigenvalue weighted by Gasteiger charge is -2.17. The summed E-state index contributed by atoms with van der Waals surface area (Å²) in [6.45, 7) is 3.32. The Balaban J connectivity index is 2.16. The minimum Gasteiger partial charge on any atom is -0.492 e. The third kappa shape index (κ3) is 5.71. The summed E-state index contributed by atoms with van der Waals surface area (Å²) in [6.07, 6.45) is 3.91. The van der Waals surface area contributed by atoms with Crippen molar-refractivity contribution in [1.29, 1.82) is 0 Å². The van der Waals surface area contributed by atoms with E-state index in [0.717, 1.165) is 25.0 Å². The van der Waals surface area contributed by atoms with E-state index < -0.39 is 0 Å². The molecule has 1 amide bonds. The number of unbranched alkanes of at least 4 members (excludes halogenated alkanes) is 2. The molecule has 0 saturated carbocycles. The number of para-hydroxylation sites is 1. The van der Waals surface area contributed by atoms with E-state index in [1.54, 1.807) is 4.90 Å². The number of hydrogen-bond acceptors (Lipinski definition) is 2. The van der Waals surface area contributed by atoms with Crippen LogP contribution in [0.1, 0.15) is 32.6 Å². The molecule has 0 aromatic heterocycles. The number of amides is 1. The van der Waals surface area contributed by atoms with E-state index in [9.17, 15) is 4.79 Å². The Morgan fingerprint density at radius 3 is 2.61 bits per heavy atom. The van der Waals surface area contributed by atoms with Gasteiger partial charge < -0.3 is 9.64 Å². The van der Waals surface area contributed by atoms with Crippen molar-refractivity contribution >= 4 is 5.91 Å². The highest BCUT2D eigenvalue weighted by atomic mass is 16.5. The highest BCUT2D eigenvalue weighted by Gasteiger charge is 2.07. The Hall–Kier alpha value is -1.51. The quantitative estimate of drug-likeness (QED) is 0.663. The third-order valence-corrected chi connectivity index (χ3v) is 2.86. The summed E-state index contributed by atoms with van der Waals surface area (Å²) in [5, 5.41) is 0. The fraction of sp³-hybridized carbons (Fsp3) is 0.533. The van der Waals surface area contributed by atoms with Gasteiger partial charge in [0.2, 0.25) is 5.91 Å². The number of nitrogens with zero attached hydrogens (tertiary/aromatic N) is 1. The normalized spacial score (nSPS) is 10.1. The molecule has 0 fully saturated rings. The smallest absolute Gasteiger partial charge is 0.222 e. The molecular weight excluding hydrogens is 226 g/mol. The first-order valence-corrected chi connectivity index (χ1v) is 6.66. The van der Waals surface area contributed by atoms with Gasteiger partial charge in [0.15, 0.2) is 0 Å². The van der Waals surface area contributed by atoms with Crippen LogP contribution in [0.15, 0.2) is 30.3 Å². The second-order valence-electron chi connectivity index (χ2n) is 4.43. The number of hydrogen-bond donors (Lipinski definition) is 0. The molecule has 1 rings (SSSR count). The molecule has 3 heteroatoms. The van der Waals surface area contributed by atoms with Gasteiger partial charge in [-0.25, -0.2) is 0 Å². The van der Waals surface area contributed by atoms with Gasteiger partial charge in [-0.05, 0) is 18.6 Å². The first-order valence-electron chi connectivity index (χ1n) is 6.66. The molecule has 1 aromatic rings. The average Bonchev–Trinajstić information content (AvgIpc) is 2.40. The lowest BCUT2D eigenvalue weighted by Crippen LogP contribution is -2.30. The second-order valence-corrected chi connectivity index (χ2v) is 4.43. The first kappa shape index (κ1) is 14.6. The minimum absolute atomic E-state index is 0.208. The van der Waals surface area contributed by atoms with Crippen LogP contribution in [0.5, 0.6) is 5.75 Å². The van der Waals surface area contributed by atoms with Gasteiger partial charge >= 0.3 is 0 Å². The van der Waals surface area contributed by atoms with Gasteiger partial charge in [-0.2, -0.15) is 0 Å². The van der Waals surface area contributed by atoms with Crippen molar-refractivity contribution in [1.82, 2.24) is 4.90 Å². The number of carbonyl (C=O) groups is 1. The van der Waals surface area contributed by atoms with E-state index in [1.165, 1.54) is 0 Å². The van der Waals surface area contributed by atoms with Gasteiger partial charge in [-0.15, -0.1) is 0 Å². The number of rotatable bonds is 8. The van der Waals surface area contributed by atoms with Crippen LogP contribution in [0.3, 0.4) is 0 Å². The highest BCUT2D eigenvalue weighted by Crippen LogP contribution is 2.08. The molecule has 0 unspecified atom stereocenters. The Morgan fingerprint density at radius 2 is 1.94 bits per heavy atom. The van der Waals surface area contributed by atoms with Crippen LogP contribution in [0.4, 0.5) is 0 Å². The Morgan fingerprint density at radius 1 is 1.22 bits per heavy atom. The molecule has 0 bridgehead atoms. The molecule has 100 valence electrons. The summed E-state index contributed by atoms with van der Waals surface area (Å²) in [6, 6.07) is 9.67. The fourth-order valence-corrected chi connectivity index (χ4v) is 1.66. The van der Waals surface area contributed by atoms with E-state index in [0.29, 0.717) is 19.6 Å². The van der Waals surface area contributed by atoms with E-state index >= 15 is 0 Å². The van der Waals surface area contributed by atoms with Gasteiger partial charge in [0.1, 0.15) is 12.4 Å². The molecule has 18 heavy (non-hydrogen) atoms. The molecule has 3 nitrogen and oxygen atoms in total. The standard InChI is InChI=1S/C15H23NO2/c1-3-4-6-11-15(17)16(2)12-13-18-14-9-7-5-8-10-14/h5,7-10H,3-4,6,11-13H2,1-2H3. The van der Waals surface area contributed by atoms with Crippen LogP contribution in [-0.2, 0) is 4.79 Å². The van der Waals surface area contributed by atoms with E-state index in [4.69, 9.17) is 4.74 Å². The Labute approximate surface area is 110 Å². The van der Waals surface area contributed by atoms with Gasteiger partial charge in [-0.3, -0.25) is 4.79 Å². The van der Waals surface area contributed by atoms with Gasteiger partial charge in [0.25, 0.3) is 0 Å². The lowest BCUT2D eigenvalue weighted by molar-refractivity contribution is -0.130. The average molecular weight is 249 g/mol. The van der Waals surface area contributed by atoms with Crippen molar-refractivity contribution in [3.8, 4) is 5.75 Å². The fourth-order valence-electron chi connectivity index (χ4n) is 1.66. The van der Waals surface area contributed by atoms with Crippen LogP contribution in [0, 0.1) is 0 Å². The summed E-state index contributed by atoms with van der Waals surface area (Å²) in [5.41, 5.74) is 0. The molecular formula is C15H23NO2. The molecule has 0 aliphatic rings. The van der Waals surface area contributed by atoms with E-state index in [1.807, 2.05) is 37.4 Å². The van der Waals surface area contributed by atoms with Crippen LogP contribution in [-0.4, -0.2) is 31.0 Å². The van der Waals surface area contributed by atoms with Crippen LogP contribution >= 0.6 is 0 Å². The monoisotopic (exact) mass is 249 g/mol. The Kier molecular flexibility index (Phi) is 6.92. The molecule has 0 spiro atoms. The summed E-state index contributed by atoms with van der Waals surface area (Å²) in [4.78, 5) is 13.5. The summed E-state index contributed by atoms with van der Waals surface area (Å²) >= 11 is 0. The SMILES string of the molecule is CCCCCC(=O)N(C)CCOc1ccccc1. The van der Waals surface area contributed by atoms with Crippen LogP contribution < -0.4 is 4.74 Å². The molecule has 0 aliphatic heterocycles. The number of likely N-dealkylation sites (N-methyl/N-ethyl adjacent to an activating group) is 1. The number of benzene rings is 1. The van der Waals surface area contributed by atoms with Crippen molar-refractivity contribution in [2.24, 2.45) is 0 Å². The van der Waals surface area contributed by atoms with Crippen LogP contribution in [0.25, 0.3) is 0 Å². The van der Waals surface area contributed by atoms with Crippen molar-refractivity contribution in [3.63, 3.8) is 0 Å². The van der Waals surface area contributed by atoms with E-state index in [-0.39, 0.29) is 5.91 Å². The third-order valence-electron chi connectivity index (χ3n) is 2.86. The minimum atomic E-state index is 0.208. The van der Waals surface area contributed by atoms with Crippen molar-refractivity contribution in [2.45, 2.75) is 32.6 Å². The molecule has 0 atom stereocenters. The first-order chi connectivity index (χ1) is 8.74. The van der Waals surface area contributed by atoms with Gasteiger partial charge in [0.05, 0.1) is 6.54 Å². The summed E-state index contributed by atoms with van der Waals surface area (Å²) in [7, 11) is 1.84. The zero-order valence-corrected chi connectivity index (χ0v) is 11.4. The molecule has 1 aromatic carbocycles. The molecule has 0 radical (unpaired) electrons.